The number of carbonyl (C=O) groups excluding carboxylic acids is 1. The molecule has 5 nitrogen and oxygen atoms in total. The van der Waals surface area contributed by atoms with Gasteiger partial charge >= 0.3 is 5.97 Å². The maximum Gasteiger partial charge on any atom is 0.305 e. The summed E-state index contributed by atoms with van der Waals surface area (Å²) in [5.41, 5.74) is 0. The lowest BCUT2D eigenvalue weighted by Crippen LogP contribution is -2.69. The number of carboxylic acid groups (broad SMARTS) is 1. The van der Waals surface area contributed by atoms with E-state index in [2.05, 4.69) is 5.32 Å². The maximum absolute atomic E-state index is 11.4. The van der Waals surface area contributed by atoms with Gasteiger partial charge in [-0.15, -0.1) is 0 Å². The van der Waals surface area contributed by atoms with Crippen LogP contribution in [-0.4, -0.2) is 47.1 Å². The third-order valence-electron chi connectivity index (χ3n) is 2.60. The summed E-state index contributed by atoms with van der Waals surface area (Å²) in [5, 5.41) is 11.6. The highest BCUT2D eigenvalue weighted by Crippen LogP contribution is 2.21. The van der Waals surface area contributed by atoms with Gasteiger partial charge in [-0.25, -0.2) is 0 Å². The second-order valence-electron chi connectivity index (χ2n) is 3.58. The van der Waals surface area contributed by atoms with Gasteiger partial charge in [0.1, 0.15) is 0 Å². The SMILES string of the molecule is O=C(O)CCN1CC2CC(N2)C1=O. The molecule has 2 atom stereocenters. The van der Waals surface area contributed by atoms with Crippen LogP contribution in [0.15, 0.2) is 0 Å². The number of piperidine rings is 1. The van der Waals surface area contributed by atoms with E-state index < -0.39 is 5.97 Å². The van der Waals surface area contributed by atoms with Gasteiger partial charge in [-0.1, -0.05) is 0 Å². The Balaban J connectivity index is 1.86. The van der Waals surface area contributed by atoms with Crippen molar-refractivity contribution >= 4 is 11.9 Å². The van der Waals surface area contributed by atoms with Crippen LogP contribution in [-0.2, 0) is 9.59 Å². The molecule has 1 amide bonds. The Morgan fingerprint density at radius 2 is 2.38 bits per heavy atom. The van der Waals surface area contributed by atoms with Crippen molar-refractivity contribution in [2.24, 2.45) is 0 Å². The van der Waals surface area contributed by atoms with Gasteiger partial charge < -0.3 is 15.3 Å². The number of amides is 1. The van der Waals surface area contributed by atoms with Gasteiger partial charge in [-0.3, -0.25) is 9.59 Å². The van der Waals surface area contributed by atoms with Gasteiger partial charge in [0.2, 0.25) is 5.91 Å². The van der Waals surface area contributed by atoms with Crippen molar-refractivity contribution < 1.29 is 14.7 Å². The first-order valence-corrected chi connectivity index (χ1v) is 4.43. The number of piperazine rings is 1. The Hall–Kier alpha value is -1.10. The van der Waals surface area contributed by atoms with Crippen LogP contribution in [0.1, 0.15) is 12.8 Å². The summed E-state index contributed by atoms with van der Waals surface area (Å²) in [6, 6.07) is 0.365. The van der Waals surface area contributed by atoms with E-state index in [4.69, 9.17) is 5.11 Å². The molecule has 5 heteroatoms. The number of hydrogen-bond acceptors (Lipinski definition) is 3. The maximum atomic E-state index is 11.4. The van der Waals surface area contributed by atoms with Gasteiger partial charge in [0.25, 0.3) is 0 Å². The summed E-state index contributed by atoms with van der Waals surface area (Å²) in [7, 11) is 0. The lowest BCUT2D eigenvalue weighted by Gasteiger charge is -2.47. The Morgan fingerprint density at radius 3 is 2.92 bits per heavy atom. The molecule has 3 aliphatic rings. The fourth-order valence-corrected chi connectivity index (χ4v) is 1.85. The van der Waals surface area contributed by atoms with E-state index in [0.29, 0.717) is 19.1 Å². The van der Waals surface area contributed by atoms with E-state index in [1.54, 1.807) is 4.90 Å². The number of nitrogens with zero attached hydrogens (tertiary/aromatic N) is 1. The average molecular weight is 184 g/mol. The zero-order valence-corrected chi connectivity index (χ0v) is 7.19. The van der Waals surface area contributed by atoms with E-state index in [0.717, 1.165) is 6.42 Å². The Labute approximate surface area is 75.7 Å². The number of aliphatic carboxylic acids is 1. The molecule has 0 spiro atoms. The zero-order chi connectivity index (χ0) is 9.42. The van der Waals surface area contributed by atoms with Crippen molar-refractivity contribution in [2.45, 2.75) is 24.9 Å². The summed E-state index contributed by atoms with van der Waals surface area (Å²) in [4.78, 5) is 23.4. The van der Waals surface area contributed by atoms with Crippen LogP contribution in [0.5, 0.6) is 0 Å². The first-order valence-electron chi connectivity index (χ1n) is 4.43. The van der Waals surface area contributed by atoms with Crippen LogP contribution in [0, 0.1) is 0 Å². The Kier molecular flexibility index (Phi) is 1.95. The monoisotopic (exact) mass is 184 g/mol. The fraction of sp³-hybridized carbons (Fsp3) is 0.750. The summed E-state index contributed by atoms with van der Waals surface area (Å²) in [6.07, 6.45) is 0.966. The molecule has 3 saturated heterocycles. The highest BCUT2D eigenvalue weighted by atomic mass is 16.4. The molecule has 2 N–H and O–H groups in total. The molecule has 0 aliphatic carbocycles. The molecule has 0 aromatic heterocycles. The van der Waals surface area contributed by atoms with E-state index in [9.17, 15) is 9.59 Å². The van der Waals surface area contributed by atoms with Crippen LogP contribution in [0.4, 0.5) is 0 Å². The topological polar surface area (TPSA) is 69.6 Å². The van der Waals surface area contributed by atoms with Crippen LogP contribution in [0.25, 0.3) is 0 Å². The molecule has 3 rings (SSSR count). The number of fused-ring (bicyclic) bond motifs is 2. The molecule has 0 saturated carbocycles. The molecular formula is C8H12N2O3. The number of rotatable bonds is 3. The van der Waals surface area contributed by atoms with Crippen molar-refractivity contribution in [3.63, 3.8) is 0 Å². The fourth-order valence-electron chi connectivity index (χ4n) is 1.85. The molecule has 3 fully saturated rings. The van der Waals surface area contributed by atoms with Crippen LogP contribution >= 0.6 is 0 Å². The highest BCUT2D eigenvalue weighted by molar-refractivity contribution is 5.85. The van der Waals surface area contributed by atoms with Gasteiger partial charge in [-0.05, 0) is 6.42 Å². The lowest BCUT2D eigenvalue weighted by molar-refractivity contribution is -0.144. The van der Waals surface area contributed by atoms with Crippen molar-refractivity contribution in [2.75, 3.05) is 13.1 Å². The number of carbonyl (C=O) groups is 2. The quantitative estimate of drug-likeness (QED) is 0.592. The summed E-state index contributed by atoms with van der Waals surface area (Å²) in [5.74, 6) is -0.788. The van der Waals surface area contributed by atoms with E-state index >= 15 is 0 Å². The van der Waals surface area contributed by atoms with E-state index in [-0.39, 0.29) is 18.4 Å². The molecule has 2 bridgehead atoms. The second kappa shape index (κ2) is 2.99. The van der Waals surface area contributed by atoms with Gasteiger partial charge in [0.05, 0.1) is 12.5 Å². The van der Waals surface area contributed by atoms with Gasteiger partial charge in [-0.2, -0.15) is 0 Å². The summed E-state index contributed by atoms with van der Waals surface area (Å²) >= 11 is 0. The van der Waals surface area contributed by atoms with E-state index in [1.165, 1.54) is 0 Å². The van der Waals surface area contributed by atoms with Crippen molar-refractivity contribution in [3.8, 4) is 0 Å². The molecule has 3 heterocycles. The number of carboxylic acids is 1. The summed E-state index contributed by atoms with van der Waals surface area (Å²) in [6.45, 7) is 1.02. The molecule has 0 aromatic carbocycles. The normalized spacial score (nSPS) is 31.4. The predicted molar refractivity (Wildman–Crippen MR) is 44.2 cm³/mol. The molecule has 0 radical (unpaired) electrons. The van der Waals surface area contributed by atoms with Crippen molar-refractivity contribution in [3.05, 3.63) is 0 Å². The minimum absolute atomic E-state index is 0.0347. The third-order valence-corrected chi connectivity index (χ3v) is 2.60. The molecule has 2 unspecified atom stereocenters. The standard InChI is InChI=1S/C8H12N2O3/c11-7(12)1-2-10-4-5-3-6(9-5)8(10)13/h5-6,9H,1-4H2,(H,11,12). The first-order chi connectivity index (χ1) is 6.16. The molecule has 3 aliphatic heterocycles. The van der Waals surface area contributed by atoms with Crippen LogP contribution < -0.4 is 5.32 Å². The second-order valence-corrected chi connectivity index (χ2v) is 3.58. The Morgan fingerprint density at radius 1 is 1.69 bits per heavy atom. The largest absolute Gasteiger partial charge is 0.481 e. The smallest absolute Gasteiger partial charge is 0.305 e. The van der Waals surface area contributed by atoms with Crippen molar-refractivity contribution in [1.82, 2.24) is 10.2 Å². The van der Waals surface area contributed by atoms with Gasteiger partial charge in [0, 0.05) is 19.1 Å². The van der Waals surface area contributed by atoms with Crippen LogP contribution in [0.2, 0.25) is 0 Å². The average Bonchev–Trinajstić information content (AvgIpc) is 2.00. The predicted octanol–water partition coefficient (Wildman–Crippen LogP) is -0.966. The molecule has 13 heavy (non-hydrogen) atoms. The number of hydrogen-bond donors (Lipinski definition) is 2. The number of nitrogens with one attached hydrogen (secondary N) is 1. The lowest BCUT2D eigenvalue weighted by atomic mass is 9.90. The zero-order valence-electron chi connectivity index (χ0n) is 7.19. The van der Waals surface area contributed by atoms with Crippen molar-refractivity contribution in [1.29, 1.82) is 0 Å². The van der Waals surface area contributed by atoms with Gasteiger partial charge in [0.15, 0.2) is 0 Å². The summed E-state index contributed by atoms with van der Waals surface area (Å²) < 4.78 is 0. The minimum atomic E-state index is -0.847. The molecule has 0 aromatic rings. The highest BCUT2D eigenvalue weighted by Gasteiger charge is 2.42. The molecule has 72 valence electrons. The third kappa shape index (κ3) is 1.51. The van der Waals surface area contributed by atoms with Crippen LogP contribution in [0.3, 0.4) is 0 Å². The molecular weight excluding hydrogens is 172 g/mol. The minimum Gasteiger partial charge on any atom is -0.481 e. The van der Waals surface area contributed by atoms with E-state index in [1.807, 2.05) is 0 Å². The first kappa shape index (κ1) is 8.50. The Bertz CT molecular complexity index is 248.